The van der Waals surface area contributed by atoms with Gasteiger partial charge in [0.1, 0.15) is 12.2 Å². The van der Waals surface area contributed by atoms with Gasteiger partial charge in [-0.1, -0.05) is 37.8 Å². The Morgan fingerprint density at radius 3 is 2.12 bits per heavy atom. The second-order valence-corrected chi connectivity index (χ2v) is 21.2. The highest BCUT2D eigenvalue weighted by atomic mass is 16.6. The average Bonchev–Trinajstić information content (AvgIpc) is 3.37. The number of hydrogen-bond acceptors (Lipinski definition) is 14. The van der Waals surface area contributed by atoms with Crippen molar-refractivity contribution in [1.29, 1.82) is 0 Å². The number of aliphatic hydroxyl groups excluding tert-OH is 3. The van der Waals surface area contributed by atoms with Gasteiger partial charge in [0.2, 0.25) is 0 Å². The van der Waals surface area contributed by atoms with E-state index in [1.54, 1.807) is 0 Å². The molecule has 5 N–H and O–H groups in total. The summed E-state index contributed by atoms with van der Waals surface area (Å²) >= 11 is 0. The maximum Gasteiger partial charge on any atom is 0.306 e. The van der Waals surface area contributed by atoms with Crippen LogP contribution >= 0.6 is 0 Å². The van der Waals surface area contributed by atoms with Crippen molar-refractivity contribution in [3.63, 3.8) is 0 Å². The van der Waals surface area contributed by atoms with Crippen molar-refractivity contribution in [2.45, 2.75) is 251 Å². The number of ether oxygens (including phenoxy) is 9. The molecule has 0 bridgehead atoms. The molecule has 22 atom stereocenters. The van der Waals surface area contributed by atoms with E-state index in [4.69, 9.17) is 47.7 Å². The number of carboxylic acid groups (broad SMARTS) is 2. The molecule has 0 aromatic carbocycles. The van der Waals surface area contributed by atoms with E-state index in [-0.39, 0.29) is 92.3 Å². The summed E-state index contributed by atoms with van der Waals surface area (Å²) in [7, 11) is 0. The standard InChI is InChI=1S/C49H72O16/c1-25-16-29(51)36(23-46(55)56)61-39-21-38-33(60-37(39)17-25)11-7-10-32-31(59-38)8-5-6-9-35-34(58-32)12-13-44-48(3,64-35)15-14-43-49(4,65-44)24-42-40(62-43)22-41-47(63-42)30(52)19-27(57-41)18-26(2)28(50)20-45(53)54/h5-7,11,25,27-44,47,50-52H,2,8-10,12-24H2,1,3-4H3,(H,53,54)(H,55,56)/b6-5-,11-7-/t25-,27-,28?,29+,30+,31+,32-,33+,34+,35-,36-,37-,38-,39+,40+,41-,42-,43-,44-,47+,48+,49+/m1/s1. The molecule has 0 aliphatic carbocycles. The van der Waals surface area contributed by atoms with Crippen molar-refractivity contribution >= 4 is 11.9 Å². The zero-order valence-electron chi connectivity index (χ0n) is 38.1. The van der Waals surface area contributed by atoms with E-state index in [0.717, 1.165) is 25.7 Å². The number of fused-ring (bicyclic) bond motifs is 8. The Morgan fingerprint density at radius 2 is 1.35 bits per heavy atom. The third kappa shape index (κ3) is 10.5. The topological polar surface area (TPSA) is 218 Å². The third-order valence-corrected chi connectivity index (χ3v) is 16.1. The minimum absolute atomic E-state index is 0.139. The molecule has 16 nitrogen and oxygen atoms in total. The summed E-state index contributed by atoms with van der Waals surface area (Å²) in [5.41, 5.74) is -0.922. The zero-order chi connectivity index (χ0) is 45.8. The number of carbonyl (C=O) groups is 2. The fourth-order valence-electron chi connectivity index (χ4n) is 12.6. The van der Waals surface area contributed by atoms with Gasteiger partial charge in [-0.2, -0.15) is 0 Å². The Morgan fingerprint density at radius 1 is 0.646 bits per heavy atom. The molecule has 7 fully saturated rings. The number of carboxylic acids is 2. The lowest BCUT2D eigenvalue weighted by atomic mass is 9.80. The summed E-state index contributed by atoms with van der Waals surface area (Å²) in [6, 6.07) is 0. The van der Waals surface area contributed by atoms with Crippen LogP contribution in [0.4, 0.5) is 0 Å². The summed E-state index contributed by atoms with van der Waals surface area (Å²) in [5.74, 6) is -1.98. The third-order valence-electron chi connectivity index (χ3n) is 16.1. The van der Waals surface area contributed by atoms with E-state index in [9.17, 15) is 30.0 Å². The maximum absolute atomic E-state index is 11.7. The van der Waals surface area contributed by atoms with E-state index in [2.05, 4.69) is 51.7 Å². The second-order valence-electron chi connectivity index (χ2n) is 21.2. The Balaban J connectivity index is 0.848. The summed E-state index contributed by atoms with van der Waals surface area (Å²) in [6.45, 7) is 10.3. The Hall–Kier alpha value is -2.32. The molecule has 364 valence electrons. The molecule has 1 unspecified atom stereocenters. The van der Waals surface area contributed by atoms with Gasteiger partial charge in [-0.05, 0) is 89.5 Å². The van der Waals surface area contributed by atoms with Crippen molar-refractivity contribution in [3.8, 4) is 0 Å². The van der Waals surface area contributed by atoms with Crippen LogP contribution in [0, 0.1) is 5.92 Å². The minimum Gasteiger partial charge on any atom is -0.481 e. The normalized spacial score (nSPS) is 50.2. The highest BCUT2D eigenvalue weighted by Gasteiger charge is 2.58. The van der Waals surface area contributed by atoms with Crippen LogP contribution in [0.5, 0.6) is 0 Å². The molecule has 0 spiro atoms. The lowest BCUT2D eigenvalue weighted by Gasteiger charge is -2.54. The zero-order valence-corrected chi connectivity index (χ0v) is 38.1. The first-order valence-electron chi connectivity index (χ1n) is 24.4. The van der Waals surface area contributed by atoms with E-state index < -0.39 is 78.4 Å². The average molecular weight is 917 g/mol. The molecule has 0 amide bonds. The predicted octanol–water partition coefficient (Wildman–Crippen LogP) is 4.47. The minimum atomic E-state index is -1.19. The first kappa shape index (κ1) is 47.7. The molecular formula is C49H72O16. The van der Waals surface area contributed by atoms with Crippen molar-refractivity contribution in [1.82, 2.24) is 0 Å². The Kier molecular flexibility index (Phi) is 14.4. The van der Waals surface area contributed by atoms with Gasteiger partial charge in [-0.25, -0.2) is 0 Å². The van der Waals surface area contributed by atoms with Crippen molar-refractivity contribution in [2.75, 3.05) is 0 Å². The van der Waals surface area contributed by atoms with E-state index >= 15 is 0 Å². The van der Waals surface area contributed by atoms with Crippen LogP contribution < -0.4 is 0 Å². The van der Waals surface area contributed by atoms with Gasteiger partial charge in [-0.15, -0.1) is 0 Å². The number of hydrogen-bond donors (Lipinski definition) is 5. The van der Waals surface area contributed by atoms with Crippen LogP contribution in [0.1, 0.15) is 124 Å². The van der Waals surface area contributed by atoms with Gasteiger partial charge in [0.25, 0.3) is 0 Å². The molecular weight excluding hydrogens is 845 g/mol. The van der Waals surface area contributed by atoms with E-state index in [1.807, 2.05) is 0 Å². The molecule has 7 saturated heterocycles. The highest BCUT2D eigenvalue weighted by Crippen LogP contribution is 2.50. The summed E-state index contributed by atoms with van der Waals surface area (Å²) < 4.78 is 61.5. The second kappa shape index (κ2) is 19.6. The summed E-state index contributed by atoms with van der Waals surface area (Å²) in [4.78, 5) is 22.9. The molecule has 9 heterocycles. The quantitative estimate of drug-likeness (QED) is 0.223. The first-order valence-corrected chi connectivity index (χ1v) is 24.4. The molecule has 0 saturated carbocycles. The fraction of sp³-hybridized carbons (Fsp3) is 0.837. The first-order chi connectivity index (χ1) is 31.0. The predicted molar refractivity (Wildman–Crippen MR) is 231 cm³/mol. The molecule has 0 aromatic heterocycles. The summed E-state index contributed by atoms with van der Waals surface area (Å²) in [5, 5.41) is 51.2. The molecule has 9 aliphatic heterocycles. The number of aliphatic hydroxyl groups is 3. The monoisotopic (exact) mass is 916 g/mol. The van der Waals surface area contributed by atoms with Gasteiger partial charge in [-0.3, -0.25) is 9.59 Å². The van der Waals surface area contributed by atoms with Crippen molar-refractivity contribution in [2.24, 2.45) is 5.92 Å². The van der Waals surface area contributed by atoms with Gasteiger partial charge in [0, 0.05) is 25.7 Å². The molecule has 65 heavy (non-hydrogen) atoms. The Bertz CT molecular complexity index is 1770. The maximum atomic E-state index is 11.7. The van der Waals surface area contributed by atoms with Crippen LogP contribution in [-0.4, -0.2) is 165 Å². The van der Waals surface area contributed by atoms with E-state index in [1.165, 1.54) is 0 Å². The summed E-state index contributed by atoms with van der Waals surface area (Å²) in [6.07, 6.45) is 7.70. The van der Waals surface area contributed by atoms with E-state index in [0.29, 0.717) is 56.9 Å². The van der Waals surface area contributed by atoms with Crippen molar-refractivity contribution < 1.29 is 77.8 Å². The number of aliphatic carboxylic acids is 2. The fourth-order valence-corrected chi connectivity index (χ4v) is 12.6. The Labute approximate surface area is 381 Å². The molecule has 16 heteroatoms. The van der Waals surface area contributed by atoms with Crippen LogP contribution in [0.25, 0.3) is 0 Å². The van der Waals surface area contributed by atoms with Crippen LogP contribution in [0.2, 0.25) is 0 Å². The van der Waals surface area contributed by atoms with Crippen LogP contribution in [-0.2, 0) is 52.2 Å². The van der Waals surface area contributed by atoms with Gasteiger partial charge in [0.05, 0.1) is 128 Å². The molecule has 9 rings (SSSR count). The SMILES string of the molecule is C=C(C[C@@H]1C[C@H](O)[C@@H]2O[C@@H]3C[C@]4(C)O[C@@H]5CC[C@@H]6O[C@@H]7C/C=C\[C@@H]8O[C@@H]9C[C@H](C)C[C@H](O)[C@@H](CC(=O)O)O[C@H]9C[C@H]8O[C@H]7C/C=C\C[C@H]6O[C@@]5(C)CC[C@H]4O[C@H]3C[C@H]2O1)C(O)CC(=O)O. The molecule has 0 radical (unpaired) electrons. The lowest BCUT2D eigenvalue weighted by Crippen LogP contribution is -2.64. The number of rotatable bonds is 7. The van der Waals surface area contributed by atoms with Crippen molar-refractivity contribution in [3.05, 3.63) is 36.5 Å². The largest absolute Gasteiger partial charge is 0.481 e. The van der Waals surface area contributed by atoms with Gasteiger partial charge in [0.15, 0.2) is 0 Å². The van der Waals surface area contributed by atoms with Crippen LogP contribution in [0.3, 0.4) is 0 Å². The molecule has 0 aromatic rings. The smallest absolute Gasteiger partial charge is 0.306 e. The van der Waals surface area contributed by atoms with Crippen LogP contribution in [0.15, 0.2) is 36.5 Å². The molecule has 9 aliphatic rings. The van der Waals surface area contributed by atoms with Gasteiger partial charge >= 0.3 is 11.9 Å². The highest BCUT2D eigenvalue weighted by molar-refractivity contribution is 5.68. The lowest BCUT2D eigenvalue weighted by molar-refractivity contribution is -0.311. The van der Waals surface area contributed by atoms with Gasteiger partial charge < -0.3 is 68.2 Å².